The third-order valence-electron chi connectivity index (χ3n) is 2.79. The van der Waals surface area contributed by atoms with Crippen LogP contribution in [0.1, 0.15) is 6.92 Å². The molecule has 2 unspecified atom stereocenters. The molecule has 2 rings (SSSR count). The topological polar surface area (TPSA) is 126 Å². The highest BCUT2D eigenvalue weighted by Crippen LogP contribution is 2.33. The number of anilines is 1. The van der Waals surface area contributed by atoms with Gasteiger partial charge in [0.15, 0.2) is 11.9 Å². The smallest absolute Gasteiger partial charge is 0.366 e. The van der Waals surface area contributed by atoms with E-state index >= 15 is 0 Å². The molecule has 1 aliphatic rings. The molecule has 1 aliphatic heterocycles. The minimum Gasteiger partial charge on any atom is -0.475 e. The fraction of sp³-hybridized carbons (Fsp3) is 0.455. The average molecular weight is 283 g/mol. The summed E-state index contributed by atoms with van der Waals surface area (Å²) >= 11 is 0. The van der Waals surface area contributed by atoms with Crippen LogP contribution in [-0.4, -0.2) is 51.4 Å². The number of hydrogen-bond acceptors (Lipinski definition) is 7. The number of carbonyl (C=O) groups excluding carboxylic acids is 1. The molecule has 2 N–H and O–H groups in total. The van der Waals surface area contributed by atoms with Crippen molar-refractivity contribution in [2.45, 2.75) is 19.1 Å². The van der Waals surface area contributed by atoms with Gasteiger partial charge in [-0.3, -0.25) is 9.69 Å². The molecule has 1 amide bonds. The second-order valence-electron chi connectivity index (χ2n) is 4.29. The van der Waals surface area contributed by atoms with Gasteiger partial charge in [-0.05, 0) is 22.9 Å². The normalized spacial score (nSPS) is 19.2. The fourth-order valence-corrected chi connectivity index (χ4v) is 1.82. The zero-order valence-electron chi connectivity index (χ0n) is 10.6. The van der Waals surface area contributed by atoms with Crippen LogP contribution in [0.5, 0.6) is 5.75 Å². The highest BCUT2D eigenvalue weighted by molar-refractivity contribution is 5.98. The molecule has 2 atom stereocenters. The molecule has 0 aromatic carbocycles. The molecule has 20 heavy (non-hydrogen) atoms. The molecular formula is C11H13N3O6. The van der Waals surface area contributed by atoms with Crippen LogP contribution in [0.15, 0.2) is 12.1 Å². The molecule has 0 spiro atoms. The van der Waals surface area contributed by atoms with Gasteiger partial charge in [0.25, 0.3) is 11.7 Å². The van der Waals surface area contributed by atoms with Crippen LogP contribution < -0.4 is 9.64 Å². The molecule has 0 aliphatic carbocycles. The van der Waals surface area contributed by atoms with Gasteiger partial charge in [0.2, 0.25) is 0 Å². The third kappa shape index (κ3) is 2.53. The average Bonchev–Trinajstić information content (AvgIpc) is 2.43. The van der Waals surface area contributed by atoms with Crippen molar-refractivity contribution >= 4 is 17.5 Å². The molecule has 2 heterocycles. The van der Waals surface area contributed by atoms with E-state index in [2.05, 4.69) is 4.98 Å². The lowest BCUT2D eigenvalue weighted by molar-refractivity contribution is -0.389. The third-order valence-corrected chi connectivity index (χ3v) is 2.79. The van der Waals surface area contributed by atoms with Crippen LogP contribution in [0.25, 0.3) is 0 Å². The molecular weight excluding hydrogens is 270 g/mol. The van der Waals surface area contributed by atoms with Gasteiger partial charge in [-0.15, -0.1) is 0 Å². The van der Waals surface area contributed by atoms with Crippen molar-refractivity contribution < 1.29 is 24.7 Å². The maximum absolute atomic E-state index is 12.0. The number of aliphatic hydroxyl groups is 2. The van der Waals surface area contributed by atoms with Gasteiger partial charge >= 0.3 is 5.82 Å². The van der Waals surface area contributed by atoms with E-state index in [1.54, 1.807) is 0 Å². The van der Waals surface area contributed by atoms with E-state index < -0.39 is 35.5 Å². The van der Waals surface area contributed by atoms with Gasteiger partial charge in [0.05, 0.1) is 19.3 Å². The quantitative estimate of drug-likeness (QED) is 0.561. The van der Waals surface area contributed by atoms with Gasteiger partial charge in [-0.25, -0.2) is 0 Å². The molecule has 1 aromatic rings. The summed E-state index contributed by atoms with van der Waals surface area (Å²) < 4.78 is 5.30. The number of fused-ring (bicyclic) bond motifs is 1. The first-order chi connectivity index (χ1) is 9.43. The van der Waals surface area contributed by atoms with E-state index in [1.165, 1.54) is 19.1 Å². The first-order valence-corrected chi connectivity index (χ1v) is 5.86. The molecule has 9 nitrogen and oxygen atoms in total. The Balaban J connectivity index is 2.43. The summed E-state index contributed by atoms with van der Waals surface area (Å²) in [5.41, 5.74) is 0. The summed E-state index contributed by atoms with van der Waals surface area (Å²) in [5, 5.41) is 29.1. The number of amides is 1. The van der Waals surface area contributed by atoms with Crippen molar-refractivity contribution in [2.75, 3.05) is 18.1 Å². The van der Waals surface area contributed by atoms with Gasteiger partial charge in [0, 0.05) is 6.07 Å². The van der Waals surface area contributed by atoms with E-state index in [0.29, 0.717) is 0 Å². The maximum Gasteiger partial charge on any atom is 0.366 e. The second-order valence-corrected chi connectivity index (χ2v) is 4.29. The Morgan fingerprint density at radius 2 is 2.30 bits per heavy atom. The Morgan fingerprint density at radius 3 is 2.90 bits per heavy atom. The monoisotopic (exact) mass is 283 g/mol. The lowest BCUT2D eigenvalue weighted by Gasteiger charge is -2.30. The molecule has 9 heteroatoms. The first-order valence-electron chi connectivity index (χ1n) is 5.86. The molecule has 0 saturated carbocycles. The number of aromatic nitrogens is 1. The summed E-state index contributed by atoms with van der Waals surface area (Å²) in [4.78, 5) is 26.9. The summed E-state index contributed by atoms with van der Waals surface area (Å²) in [7, 11) is 0. The van der Waals surface area contributed by atoms with E-state index in [0.717, 1.165) is 4.90 Å². The Kier molecular flexibility index (Phi) is 3.81. The predicted molar refractivity (Wildman–Crippen MR) is 66.4 cm³/mol. The van der Waals surface area contributed by atoms with Crippen LogP contribution in [0.3, 0.4) is 0 Å². The van der Waals surface area contributed by atoms with Crippen molar-refractivity contribution in [3.05, 3.63) is 22.2 Å². The van der Waals surface area contributed by atoms with Gasteiger partial charge < -0.3 is 25.1 Å². The Bertz CT molecular complexity index is 549. The van der Waals surface area contributed by atoms with Gasteiger partial charge in [-0.1, -0.05) is 0 Å². The SMILES string of the molecule is CC1Oc2ccc([N+](=O)[O-])nc2N(CC(O)CO)C1=O. The molecule has 1 aromatic heterocycles. The van der Waals surface area contributed by atoms with Crippen LogP contribution in [0.2, 0.25) is 0 Å². The predicted octanol–water partition coefficient (Wildman–Crippen LogP) is -0.543. The minimum atomic E-state index is -1.17. The largest absolute Gasteiger partial charge is 0.475 e. The van der Waals surface area contributed by atoms with Crippen LogP contribution in [0, 0.1) is 10.1 Å². The molecule has 108 valence electrons. The zero-order valence-corrected chi connectivity index (χ0v) is 10.6. The standard InChI is InChI=1S/C11H13N3O6/c1-6-11(17)13(4-7(16)5-15)10-8(20-6)2-3-9(12-10)14(18)19/h2-3,6-7,15-16H,4-5H2,1H3. The fourth-order valence-electron chi connectivity index (χ4n) is 1.82. The van der Waals surface area contributed by atoms with Crippen molar-refractivity contribution in [3.63, 3.8) is 0 Å². The van der Waals surface area contributed by atoms with Crippen LogP contribution in [-0.2, 0) is 4.79 Å². The highest BCUT2D eigenvalue weighted by atomic mass is 16.6. The Hall–Kier alpha value is -2.26. The Morgan fingerprint density at radius 1 is 1.60 bits per heavy atom. The van der Waals surface area contributed by atoms with E-state index in [9.17, 15) is 20.0 Å². The molecule has 0 saturated heterocycles. The summed E-state index contributed by atoms with van der Waals surface area (Å²) in [6.07, 6.45) is -1.96. The van der Waals surface area contributed by atoms with Crippen molar-refractivity contribution in [1.29, 1.82) is 0 Å². The minimum absolute atomic E-state index is 0.0326. The number of β-amino-alcohol motifs (C(OH)–C–C–N with tert-alkyl or cyclic N) is 1. The van der Waals surface area contributed by atoms with Crippen LogP contribution >= 0.6 is 0 Å². The lowest BCUT2D eigenvalue weighted by atomic mass is 10.2. The molecule has 0 fully saturated rings. The number of hydrogen-bond donors (Lipinski definition) is 2. The number of pyridine rings is 1. The second kappa shape index (κ2) is 5.39. The Labute approximate surface area is 113 Å². The van der Waals surface area contributed by atoms with E-state index in [4.69, 9.17) is 9.84 Å². The lowest BCUT2D eigenvalue weighted by Crippen LogP contribution is -2.48. The number of nitro groups is 1. The molecule has 0 bridgehead atoms. The number of rotatable bonds is 4. The molecule has 0 radical (unpaired) electrons. The summed E-state index contributed by atoms with van der Waals surface area (Å²) in [6, 6.07) is 2.52. The summed E-state index contributed by atoms with van der Waals surface area (Å²) in [6.45, 7) is 0.762. The van der Waals surface area contributed by atoms with Crippen molar-refractivity contribution in [3.8, 4) is 5.75 Å². The van der Waals surface area contributed by atoms with E-state index in [-0.39, 0.29) is 18.1 Å². The van der Waals surface area contributed by atoms with Crippen molar-refractivity contribution in [2.24, 2.45) is 0 Å². The van der Waals surface area contributed by atoms with Crippen LogP contribution in [0.4, 0.5) is 11.6 Å². The number of carbonyl (C=O) groups is 1. The van der Waals surface area contributed by atoms with Gasteiger partial charge in [0.1, 0.15) is 0 Å². The van der Waals surface area contributed by atoms with E-state index in [1.807, 2.05) is 0 Å². The maximum atomic E-state index is 12.0. The van der Waals surface area contributed by atoms with Gasteiger partial charge in [-0.2, -0.15) is 0 Å². The highest BCUT2D eigenvalue weighted by Gasteiger charge is 2.37. The zero-order chi connectivity index (χ0) is 14.9. The number of ether oxygens (including phenoxy) is 1. The first kappa shape index (κ1) is 14.2. The number of nitrogens with zero attached hydrogens (tertiary/aromatic N) is 3. The van der Waals surface area contributed by atoms with Crippen molar-refractivity contribution in [1.82, 2.24) is 4.98 Å². The number of aliphatic hydroxyl groups excluding tert-OH is 2. The summed E-state index contributed by atoms with van der Waals surface area (Å²) in [5.74, 6) is -0.737.